The van der Waals surface area contributed by atoms with Crippen LogP contribution in [0.2, 0.25) is 10.6 Å². The van der Waals surface area contributed by atoms with E-state index >= 15 is 0 Å². The highest BCUT2D eigenvalue weighted by Crippen LogP contribution is 2.32. The molecule has 0 atom stereocenters. The molecule has 0 radical (unpaired) electrons. The molecule has 0 aliphatic carbocycles. The van der Waals surface area contributed by atoms with Crippen molar-refractivity contribution in [2.45, 2.75) is 0 Å². The average molecular weight is 366 g/mol. The molecule has 0 spiro atoms. The number of benzene rings is 1. The number of nitro benzene ring substituents is 1. The van der Waals surface area contributed by atoms with Gasteiger partial charge in [-0.05, 0) is 35.3 Å². The maximum atomic E-state index is 10.9. The normalized spacial score (nSPS) is 10.3. The van der Waals surface area contributed by atoms with Crippen LogP contribution in [0.4, 0.5) is 5.69 Å². The standard InChI is InChI=1S/C9H3BrCl2N4O3/c10-4-1-2-6(5(3-4)16(17)18)19-9-14-7(11)13-8(12)15-9/h1-3H. The number of rotatable bonds is 3. The molecule has 0 aliphatic heterocycles. The van der Waals surface area contributed by atoms with E-state index in [-0.39, 0.29) is 28.0 Å². The smallest absolute Gasteiger partial charge is 0.327 e. The third-order valence-electron chi connectivity index (χ3n) is 1.88. The van der Waals surface area contributed by atoms with Crippen LogP contribution in [0, 0.1) is 10.1 Å². The predicted molar refractivity (Wildman–Crippen MR) is 70.7 cm³/mol. The number of hydrogen-bond acceptors (Lipinski definition) is 6. The van der Waals surface area contributed by atoms with Crippen LogP contribution >= 0.6 is 39.1 Å². The topological polar surface area (TPSA) is 91.0 Å². The molecular weight excluding hydrogens is 363 g/mol. The van der Waals surface area contributed by atoms with Crippen molar-refractivity contribution in [3.8, 4) is 11.8 Å². The molecule has 2 rings (SSSR count). The number of aromatic nitrogens is 3. The lowest BCUT2D eigenvalue weighted by Crippen LogP contribution is -1.98. The van der Waals surface area contributed by atoms with Gasteiger partial charge in [0.2, 0.25) is 16.3 Å². The van der Waals surface area contributed by atoms with Gasteiger partial charge in [0.15, 0.2) is 0 Å². The van der Waals surface area contributed by atoms with Crippen LogP contribution in [0.15, 0.2) is 22.7 Å². The van der Waals surface area contributed by atoms with Gasteiger partial charge in [0, 0.05) is 10.5 Å². The van der Waals surface area contributed by atoms with Gasteiger partial charge in [-0.2, -0.15) is 15.0 Å². The van der Waals surface area contributed by atoms with Crippen molar-refractivity contribution in [2.24, 2.45) is 0 Å². The quantitative estimate of drug-likeness (QED) is 0.609. The van der Waals surface area contributed by atoms with E-state index < -0.39 is 4.92 Å². The minimum absolute atomic E-state index is 0.0356. The van der Waals surface area contributed by atoms with Crippen LogP contribution in [-0.4, -0.2) is 19.9 Å². The first-order valence-corrected chi connectivity index (χ1v) is 6.19. The summed E-state index contributed by atoms with van der Waals surface area (Å²) in [7, 11) is 0. The minimum Gasteiger partial charge on any atom is -0.417 e. The summed E-state index contributed by atoms with van der Waals surface area (Å²) in [6.07, 6.45) is 0. The Morgan fingerprint density at radius 2 is 1.84 bits per heavy atom. The summed E-state index contributed by atoms with van der Waals surface area (Å²) in [5.41, 5.74) is -0.248. The molecule has 0 bridgehead atoms. The van der Waals surface area contributed by atoms with E-state index in [1.807, 2.05) is 0 Å². The Hall–Kier alpha value is -1.51. The van der Waals surface area contributed by atoms with Gasteiger partial charge in [-0.3, -0.25) is 10.1 Å². The molecule has 98 valence electrons. The Balaban J connectivity index is 2.40. The zero-order valence-electron chi connectivity index (χ0n) is 8.88. The lowest BCUT2D eigenvalue weighted by molar-refractivity contribution is -0.385. The monoisotopic (exact) mass is 364 g/mol. The fourth-order valence-corrected chi connectivity index (χ4v) is 1.87. The molecule has 7 nitrogen and oxygen atoms in total. The van der Waals surface area contributed by atoms with Crippen molar-refractivity contribution in [1.29, 1.82) is 0 Å². The largest absolute Gasteiger partial charge is 0.417 e. The first-order chi connectivity index (χ1) is 8.95. The van der Waals surface area contributed by atoms with E-state index in [0.29, 0.717) is 4.47 Å². The maximum absolute atomic E-state index is 10.9. The Kier molecular flexibility index (Phi) is 4.13. The molecule has 1 aromatic carbocycles. The summed E-state index contributed by atoms with van der Waals surface area (Å²) in [4.78, 5) is 21.1. The fourth-order valence-electron chi connectivity index (χ4n) is 1.17. The number of hydrogen-bond donors (Lipinski definition) is 0. The molecule has 10 heteroatoms. The summed E-state index contributed by atoms with van der Waals surface area (Å²) in [6, 6.07) is 4.04. The van der Waals surface area contributed by atoms with Crippen molar-refractivity contribution in [2.75, 3.05) is 0 Å². The predicted octanol–water partition coefficient (Wildman–Crippen LogP) is 3.64. The number of halogens is 3. The van der Waals surface area contributed by atoms with Gasteiger partial charge < -0.3 is 4.74 Å². The summed E-state index contributed by atoms with van der Waals surface area (Å²) in [5, 5.41) is 10.6. The first kappa shape index (κ1) is 13.9. The van der Waals surface area contributed by atoms with E-state index in [9.17, 15) is 10.1 Å². The SMILES string of the molecule is O=[N+]([O-])c1cc(Br)ccc1Oc1nc(Cl)nc(Cl)n1. The Labute approximate surface area is 124 Å². The fraction of sp³-hybridized carbons (Fsp3) is 0. The molecular formula is C9H3BrCl2N4O3. The zero-order valence-corrected chi connectivity index (χ0v) is 12.0. The Bertz CT molecular complexity index is 635. The van der Waals surface area contributed by atoms with Gasteiger partial charge in [-0.15, -0.1) is 0 Å². The molecule has 0 unspecified atom stereocenters. The zero-order chi connectivity index (χ0) is 14.0. The summed E-state index contributed by atoms with van der Waals surface area (Å²) in [5.74, 6) is -0.0356. The average Bonchev–Trinajstić information content (AvgIpc) is 2.30. The highest BCUT2D eigenvalue weighted by molar-refractivity contribution is 9.10. The van der Waals surface area contributed by atoms with Gasteiger partial charge in [0.25, 0.3) is 0 Å². The first-order valence-electron chi connectivity index (χ1n) is 4.64. The number of ether oxygens (including phenoxy) is 1. The molecule has 2 aromatic rings. The van der Waals surface area contributed by atoms with Crippen molar-refractivity contribution < 1.29 is 9.66 Å². The van der Waals surface area contributed by atoms with Crippen LogP contribution in [0.3, 0.4) is 0 Å². The number of nitro groups is 1. The third kappa shape index (κ3) is 3.49. The highest BCUT2D eigenvalue weighted by Gasteiger charge is 2.18. The second-order valence-corrected chi connectivity index (χ2v) is 4.72. The Morgan fingerprint density at radius 3 is 2.42 bits per heavy atom. The van der Waals surface area contributed by atoms with Crippen LogP contribution in [-0.2, 0) is 0 Å². The molecule has 0 saturated heterocycles. The summed E-state index contributed by atoms with van der Waals surface area (Å²) >= 11 is 14.3. The lowest BCUT2D eigenvalue weighted by atomic mass is 10.3. The van der Waals surface area contributed by atoms with Crippen molar-refractivity contribution in [3.63, 3.8) is 0 Å². The molecule has 1 aromatic heterocycles. The van der Waals surface area contributed by atoms with E-state index in [4.69, 9.17) is 27.9 Å². The van der Waals surface area contributed by atoms with Gasteiger partial charge in [0.05, 0.1) is 4.92 Å². The summed E-state index contributed by atoms with van der Waals surface area (Å²) in [6.45, 7) is 0. The van der Waals surface area contributed by atoms with Gasteiger partial charge in [-0.1, -0.05) is 15.9 Å². The maximum Gasteiger partial charge on any atom is 0.327 e. The molecule has 1 heterocycles. The van der Waals surface area contributed by atoms with Crippen LogP contribution in [0.5, 0.6) is 11.8 Å². The molecule has 19 heavy (non-hydrogen) atoms. The Morgan fingerprint density at radius 1 is 1.21 bits per heavy atom. The van der Waals surface area contributed by atoms with Gasteiger partial charge >= 0.3 is 11.7 Å². The van der Waals surface area contributed by atoms with Crippen LogP contribution in [0.25, 0.3) is 0 Å². The molecule has 0 saturated carbocycles. The number of nitrogens with zero attached hydrogens (tertiary/aromatic N) is 4. The minimum atomic E-state index is -0.593. The highest BCUT2D eigenvalue weighted by atomic mass is 79.9. The van der Waals surface area contributed by atoms with Gasteiger partial charge in [-0.25, -0.2) is 0 Å². The van der Waals surface area contributed by atoms with E-state index in [0.717, 1.165) is 0 Å². The second kappa shape index (κ2) is 5.64. The van der Waals surface area contributed by atoms with Gasteiger partial charge in [0.1, 0.15) is 0 Å². The van der Waals surface area contributed by atoms with Crippen molar-refractivity contribution in [1.82, 2.24) is 15.0 Å². The summed E-state index contributed by atoms with van der Waals surface area (Å²) < 4.78 is 5.73. The lowest BCUT2D eigenvalue weighted by Gasteiger charge is -2.04. The molecule has 0 N–H and O–H groups in total. The van der Waals surface area contributed by atoms with E-state index in [1.54, 1.807) is 6.07 Å². The van der Waals surface area contributed by atoms with E-state index in [2.05, 4.69) is 30.9 Å². The van der Waals surface area contributed by atoms with E-state index in [1.165, 1.54) is 12.1 Å². The van der Waals surface area contributed by atoms with Crippen molar-refractivity contribution >= 4 is 44.8 Å². The molecule has 0 fully saturated rings. The second-order valence-electron chi connectivity index (χ2n) is 3.13. The van der Waals surface area contributed by atoms with Crippen molar-refractivity contribution in [3.05, 3.63) is 43.4 Å². The third-order valence-corrected chi connectivity index (χ3v) is 2.71. The van der Waals surface area contributed by atoms with Crippen LogP contribution in [0.1, 0.15) is 0 Å². The van der Waals surface area contributed by atoms with Crippen LogP contribution < -0.4 is 4.74 Å². The molecule has 0 aliphatic rings. The molecule has 0 amide bonds.